The molecule has 1 aromatic carbocycles. The Bertz CT molecular complexity index is 1520. The van der Waals surface area contributed by atoms with E-state index in [9.17, 15) is 17.9 Å². The number of halogens is 1. The first-order valence-corrected chi connectivity index (χ1v) is 16.6. The fourth-order valence-corrected chi connectivity index (χ4v) is 7.03. The molecule has 12 heteroatoms. The normalized spacial score (nSPS) is 23.7. The largest absolute Gasteiger partial charge is 0.391 e. The summed E-state index contributed by atoms with van der Waals surface area (Å²) < 4.78 is 44.0. The number of aliphatic hydroxyl groups excluding tert-OH is 1. The summed E-state index contributed by atoms with van der Waals surface area (Å²) in [5, 5.41) is 14.8. The number of rotatable bonds is 10. The number of ether oxygens (including phenoxy) is 1. The second-order valence-corrected chi connectivity index (χ2v) is 14.2. The molecule has 5 rings (SSSR count). The number of hydrogen-bond acceptors (Lipinski definition) is 10. The van der Waals surface area contributed by atoms with Crippen LogP contribution in [0, 0.1) is 5.92 Å². The number of aliphatic hydroxyl groups is 1. The summed E-state index contributed by atoms with van der Waals surface area (Å²) in [5.41, 5.74) is 2.25. The Morgan fingerprint density at radius 1 is 1.14 bits per heavy atom. The number of fused-ring (bicyclic) bond motifs is 1. The molecule has 0 spiro atoms. The molecule has 2 saturated heterocycles. The van der Waals surface area contributed by atoms with E-state index in [0.717, 1.165) is 16.5 Å². The van der Waals surface area contributed by atoms with Crippen molar-refractivity contribution in [1.82, 2.24) is 15.0 Å². The molecule has 0 radical (unpaired) electrons. The lowest BCUT2D eigenvalue weighted by atomic mass is 9.88. The van der Waals surface area contributed by atoms with Gasteiger partial charge < -0.3 is 25.0 Å². The Hall–Kier alpha value is -3.09. The number of sulfone groups is 1. The summed E-state index contributed by atoms with van der Waals surface area (Å²) in [6.07, 6.45) is 2.89. The van der Waals surface area contributed by atoms with Crippen molar-refractivity contribution in [3.8, 4) is 0 Å². The van der Waals surface area contributed by atoms with Gasteiger partial charge in [0.2, 0.25) is 5.95 Å². The summed E-state index contributed by atoms with van der Waals surface area (Å²) >= 11 is 0. The van der Waals surface area contributed by atoms with Gasteiger partial charge in [-0.25, -0.2) is 22.8 Å². The number of nitrogens with zero attached hydrogens (tertiary/aromatic N) is 5. The van der Waals surface area contributed by atoms with Crippen molar-refractivity contribution in [1.29, 1.82) is 0 Å². The van der Waals surface area contributed by atoms with E-state index in [-0.39, 0.29) is 36.8 Å². The van der Waals surface area contributed by atoms with E-state index >= 15 is 0 Å². The third-order valence-corrected chi connectivity index (χ3v) is 9.21. The molecule has 228 valence electrons. The molecule has 4 heterocycles. The van der Waals surface area contributed by atoms with Crippen molar-refractivity contribution in [3.05, 3.63) is 42.2 Å². The van der Waals surface area contributed by atoms with Crippen LogP contribution in [0.25, 0.3) is 10.8 Å². The molecule has 3 aromatic rings. The fraction of sp³-hybridized carbons (Fsp3) is 0.567. The molecule has 0 unspecified atom stereocenters. The summed E-state index contributed by atoms with van der Waals surface area (Å²) in [4.78, 5) is 17.8. The molecule has 2 fully saturated rings. The first-order valence-electron chi connectivity index (χ1n) is 14.6. The molecule has 10 nitrogen and oxygen atoms in total. The number of anilines is 4. The minimum Gasteiger partial charge on any atom is -0.391 e. The van der Waals surface area contributed by atoms with Gasteiger partial charge in [0.1, 0.15) is 27.6 Å². The smallest absolute Gasteiger partial charge is 0.227 e. The van der Waals surface area contributed by atoms with E-state index in [0.29, 0.717) is 37.1 Å². The van der Waals surface area contributed by atoms with Gasteiger partial charge in [-0.15, -0.1) is 0 Å². The molecule has 2 N–H and O–H groups in total. The zero-order valence-corrected chi connectivity index (χ0v) is 25.7. The van der Waals surface area contributed by atoms with Crippen molar-refractivity contribution < 1.29 is 22.7 Å². The van der Waals surface area contributed by atoms with E-state index in [1.54, 1.807) is 24.1 Å². The van der Waals surface area contributed by atoms with Gasteiger partial charge in [-0.05, 0) is 55.3 Å². The molecule has 42 heavy (non-hydrogen) atoms. The van der Waals surface area contributed by atoms with E-state index in [1.165, 1.54) is 11.8 Å². The number of piperidine rings is 1. The second kappa shape index (κ2) is 12.3. The summed E-state index contributed by atoms with van der Waals surface area (Å²) in [5.74, 6) is 2.20. The zero-order valence-electron chi connectivity index (χ0n) is 24.9. The molecule has 0 amide bonds. The second-order valence-electron chi connectivity index (χ2n) is 12.0. The van der Waals surface area contributed by atoms with E-state index < -0.39 is 28.2 Å². The van der Waals surface area contributed by atoms with Gasteiger partial charge in [0, 0.05) is 54.8 Å². The summed E-state index contributed by atoms with van der Waals surface area (Å²) in [7, 11) is -3.03. The van der Waals surface area contributed by atoms with Gasteiger partial charge in [-0.3, -0.25) is 0 Å². The third-order valence-electron chi connectivity index (χ3n) is 8.18. The van der Waals surface area contributed by atoms with Gasteiger partial charge >= 0.3 is 0 Å². The van der Waals surface area contributed by atoms with Crippen LogP contribution in [-0.4, -0.2) is 91.1 Å². The molecule has 0 aliphatic carbocycles. The highest BCUT2D eigenvalue weighted by Gasteiger charge is 2.38. The molecule has 2 aromatic heterocycles. The number of nitrogens with one attached hydrogen (secondary N) is 1. The van der Waals surface area contributed by atoms with Crippen molar-refractivity contribution in [2.24, 2.45) is 5.92 Å². The molecular weight excluding hydrogens is 559 g/mol. The number of benzene rings is 1. The van der Waals surface area contributed by atoms with E-state index in [1.807, 2.05) is 12.3 Å². The molecule has 2 aliphatic heterocycles. The highest BCUT2D eigenvalue weighted by atomic mass is 32.2. The van der Waals surface area contributed by atoms with Gasteiger partial charge in [-0.1, -0.05) is 19.9 Å². The van der Waals surface area contributed by atoms with Crippen LogP contribution in [0.5, 0.6) is 0 Å². The minimum absolute atomic E-state index is 0.107. The van der Waals surface area contributed by atoms with Crippen LogP contribution < -0.4 is 15.1 Å². The fourth-order valence-electron chi connectivity index (χ4n) is 5.87. The molecule has 5 atom stereocenters. The predicted molar refractivity (Wildman–Crippen MR) is 164 cm³/mol. The highest BCUT2D eigenvalue weighted by molar-refractivity contribution is 7.90. The average molecular weight is 601 g/mol. The van der Waals surface area contributed by atoms with Gasteiger partial charge in [0.15, 0.2) is 0 Å². The Balaban J connectivity index is 1.34. The summed E-state index contributed by atoms with van der Waals surface area (Å²) in [6.45, 7) is 9.47. The molecule has 0 saturated carbocycles. The standard InChI is InChI=1S/C30H41FN6O4S/c1-18(2)22-6-7-26(37-14-21(20(37)4)17-42(5,39)40)24-13-33-29(12-23(22)24)34-28-8-10-32-30(35-28)36-11-9-27(25(31)15-36)41-16-19(3)38/h6-8,10,12-13,18-21,25,27,38H,9,11,14-17H2,1-5H3,(H,32,33,34,35)/t19-,20+,21+,25-,27+/m0/s1. The third kappa shape index (κ3) is 6.76. The van der Waals surface area contributed by atoms with Crippen LogP contribution in [0.1, 0.15) is 45.6 Å². The van der Waals surface area contributed by atoms with Crippen molar-refractivity contribution in [3.63, 3.8) is 0 Å². The number of aromatic nitrogens is 3. The van der Waals surface area contributed by atoms with Crippen molar-refractivity contribution in [2.45, 2.75) is 64.5 Å². The quantitative estimate of drug-likeness (QED) is 0.352. The van der Waals surface area contributed by atoms with E-state index in [4.69, 9.17) is 9.72 Å². The van der Waals surface area contributed by atoms with Crippen LogP contribution in [0.3, 0.4) is 0 Å². The Labute approximate surface area is 247 Å². The lowest BCUT2D eigenvalue weighted by Gasteiger charge is -2.48. The topological polar surface area (TPSA) is 121 Å². The lowest BCUT2D eigenvalue weighted by Crippen LogP contribution is -2.57. The highest BCUT2D eigenvalue weighted by Crippen LogP contribution is 2.39. The van der Waals surface area contributed by atoms with Crippen LogP contribution in [-0.2, 0) is 14.6 Å². The zero-order chi connectivity index (χ0) is 30.2. The van der Waals surface area contributed by atoms with E-state index in [2.05, 4.69) is 53.1 Å². The summed E-state index contributed by atoms with van der Waals surface area (Å²) in [6, 6.07) is 8.16. The Kier molecular flexibility index (Phi) is 8.86. The van der Waals surface area contributed by atoms with Crippen LogP contribution >= 0.6 is 0 Å². The molecule has 0 bridgehead atoms. The van der Waals surface area contributed by atoms with Gasteiger partial charge in [0.05, 0.1) is 31.1 Å². The van der Waals surface area contributed by atoms with Crippen molar-refractivity contribution >= 4 is 43.9 Å². The van der Waals surface area contributed by atoms with Crippen LogP contribution in [0.4, 0.5) is 27.7 Å². The average Bonchev–Trinajstić information content (AvgIpc) is 2.93. The van der Waals surface area contributed by atoms with Gasteiger partial charge in [-0.2, -0.15) is 4.98 Å². The van der Waals surface area contributed by atoms with Crippen LogP contribution in [0.2, 0.25) is 0 Å². The SMILES string of the molecule is CC(C)c1ccc(N2C[C@H](CS(C)(=O)=O)[C@H]2C)c2cnc(Nc3ccnc(N4CC[C@@H](OC[C@H](C)O)[C@@H](F)C4)n3)cc12. The Morgan fingerprint density at radius 3 is 2.60 bits per heavy atom. The predicted octanol–water partition coefficient (Wildman–Crippen LogP) is 4.08. The first kappa shape index (κ1) is 30.4. The Morgan fingerprint density at radius 2 is 1.93 bits per heavy atom. The number of pyridine rings is 1. The maximum Gasteiger partial charge on any atom is 0.227 e. The first-order chi connectivity index (χ1) is 19.9. The van der Waals surface area contributed by atoms with Gasteiger partial charge in [0.25, 0.3) is 0 Å². The maximum absolute atomic E-state index is 14.8. The maximum atomic E-state index is 14.8. The number of hydrogen-bond donors (Lipinski definition) is 2. The molecule has 2 aliphatic rings. The molecular formula is C30H41FN6O4S. The number of alkyl halides is 1. The van der Waals surface area contributed by atoms with Crippen LogP contribution in [0.15, 0.2) is 36.7 Å². The monoisotopic (exact) mass is 600 g/mol. The lowest BCUT2D eigenvalue weighted by molar-refractivity contribution is -0.0458. The minimum atomic E-state index is -3.03. The van der Waals surface area contributed by atoms with Crippen molar-refractivity contribution in [2.75, 3.05) is 53.4 Å².